The Bertz CT molecular complexity index is 514. The Kier molecular flexibility index (Phi) is 4.47. The zero-order valence-corrected chi connectivity index (χ0v) is 9.64. The predicted octanol–water partition coefficient (Wildman–Crippen LogP) is 1.31. The van der Waals surface area contributed by atoms with Crippen molar-refractivity contribution in [3.05, 3.63) is 29.8 Å². The second kappa shape index (κ2) is 5.64. The maximum absolute atomic E-state index is 12.8. The summed E-state index contributed by atoms with van der Waals surface area (Å²) >= 11 is 0. The van der Waals surface area contributed by atoms with Crippen LogP contribution in [-0.4, -0.2) is 22.0 Å². The van der Waals surface area contributed by atoms with E-state index in [-0.39, 0.29) is 10.5 Å². The van der Waals surface area contributed by atoms with E-state index in [1.807, 2.05) is 0 Å². The van der Waals surface area contributed by atoms with Crippen LogP contribution in [0.15, 0.2) is 29.2 Å². The maximum atomic E-state index is 12.8. The Labute approximate surface area is 94.9 Å². The first-order valence-electron chi connectivity index (χ1n) is 4.73. The molecule has 1 aromatic rings. The Hall–Kier alpha value is -1.38. The highest BCUT2D eigenvalue weighted by Gasteiger charge is 2.14. The minimum atomic E-state index is -4.69. The summed E-state index contributed by atoms with van der Waals surface area (Å²) in [5.41, 5.74) is 0.195. The van der Waals surface area contributed by atoms with Crippen molar-refractivity contribution in [1.82, 2.24) is 5.32 Å². The molecule has 0 aliphatic carbocycles. The summed E-state index contributed by atoms with van der Waals surface area (Å²) in [6.45, 7) is 0.706. The molecule has 0 radical (unpaired) electrons. The van der Waals surface area contributed by atoms with Gasteiger partial charge >= 0.3 is 10.2 Å². The van der Waals surface area contributed by atoms with Gasteiger partial charge in [-0.2, -0.15) is 8.42 Å². The van der Waals surface area contributed by atoms with E-state index in [4.69, 9.17) is 0 Å². The van der Waals surface area contributed by atoms with Crippen LogP contribution in [0, 0.1) is 11.8 Å². The van der Waals surface area contributed by atoms with Gasteiger partial charge in [-0.25, -0.2) is 0 Å². The fourth-order valence-electron chi connectivity index (χ4n) is 1.13. The van der Waals surface area contributed by atoms with Gasteiger partial charge in [-0.05, 0) is 19.2 Å². The second-order valence-electron chi connectivity index (χ2n) is 3.09. The van der Waals surface area contributed by atoms with Crippen LogP contribution < -0.4 is 5.32 Å². The van der Waals surface area contributed by atoms with Crippen molar-refractivity contribution in [3.63, 3.8) is 0 Å². The molecular weight excluding hydrogens is 229 g/mol. The lowest BCUT2D eigenvalue weighted by Crippen LogP contribution is -2.06. The van der Waals surface area contributed by atoms with Crippen molar-refractivity contribution in [3.8, 4) is 11.8 Å². The molecule has 0 saturated carbocycles. The molecule has 0 amide bonds. The van der Waals surface area contributed by atoms with Crippen molar-refractivity contribution in [2.75, 3.05) is 13.6 Å². The van der Waals surface area contributed by atoms with E-state index in [1.54, 1.807) is 13.1 Å². The molecular formula is C11H12FNO2S. The number of halogens is 1. The highest BCUT2D eigenvalue weighted by molar-refractivity contribution is 7.86. The fourth-order valence-corrected chi connectivity index (χ4v) is 1.75. The predicted molar refractivity (Wildman–Crippen MR) is 60.2 cm³/mol. The lowest BCUT2D eigenvalue weighted by atomic mass is 10.2. The SMILES string of the molecule is CNCCC#Cc1ccccc1S(=O)(=O)F. The van der Waals surface area contributed by atoms with Crippen LogP contribution in [0.4, 0.5) is 3.89 Å². The van der Waals surface area contributed by atoms with Gasteiger partial charge in [0.1, 0.15) is 4.90 Å². The number of hydrogen-bond donors (Lipinski definition) is 1. The minimum Gasteiger partial charge on any atom is -0.319 e. The van der Waals surface area contributed by atoms with Gasteiger partial charge in [0, 0.05) is 18.5 Å². The maximum Gasteiger partial charge on any atom is 0.333 e. The third kappa shape index (κ3) is 3.65. The van der Waals surface area contributed by atoms with Crippen LogP contribution in [0.25, 0.3) is 0 Å². The molecule has 1 aromatic carbocycles. The number of hydrogen-bond acceptors (Lipinski definition) is 3. The summed E-state index contributed by atoms with van der Waals surface area (Å²) < 4.78 is 34.4. The van der Waals surface area contributed by atoms with Crippen LogP contribution >= 0.6 is 0 Å². The molecule has 0 bridgehead atoms. The molecule has 1 N–H and O–H groups in total. The molecule has 0 unspecified atom stereocenters. The molecule has 3 nitrogen and oxygen atoms in total. The first-order chi connectivity index (χ1) is 7.55. The summed E-state index contributed by atoms with van der Waals surface area (Å²) in [5, 5.41) is 2.90. The molecule has 0 spiro atoms. The van der Waals surface area contributed by atoms with Crippen molar-refractivity contribution in [1.29, 1.82) is 0 Å². The summed E-state index contributed by atoms with van der Waals surface area (Å²) in [7, 11) is -2.90. The summed E-state index contributed by atoms with van der Waals surface area (Å²) in [6, 6.07) is 5.78. The number of benzene rings is 1. The lowest BCUT2D eigenvalue weighted by molar-refractivity contribution is 0.552. The normalized spacial score (nSPS) is 10.6. The first kappa shape index (κ1) is 12.7. The minimum absolute atomic E-state index is 0.195. The average Bonchev–Trinajstić information content (AvgIpc) is 2.24. The van der Waals surface area contributed by atoms with Gasteiger partial charge in [-0.15, -0.1) is 3.89 Å². The van der Waals surface area contributed by atoms with E-state index in [0.29, 0.717) is 13.0 Å². The van der Waals surface area contributed by atoms with Crippen molar-refractivity contribution >= 4 is 10.2 Å². The molecule has 0 heterocycles. The van der Waals surface area contributed by atoms with E-state index < -0.39 is 10.2 Å². The smallest absolute Gasteiger partial charge is 0.319 e. The first-order valence-corrected chi connectivity index (χ1v) is 6.11. The lowest BCUT2D eigenvalue weighted by Gasteiger charge is -1.97. The summed E-state index contributed by atoms with van der Waals surface area (Å²) in [4.78, 5) is -0.369. The fraction of sp³-hybridized carbons (Fsp3) is 0.273. The second-order valence-corrected chi connectivity index (χ2v) is 4.40. The summed E-state index contributed by atoms with van der Waals surface area (Å²) in [6.07, 6.45) is 0.581. The molecule has 1 rings (SSSR count). The molecule has 16 heavy (non-hydrogen) atoms. The van der Waals surface area contributed by atoms with Crippen LogP contribution in [-0.2, 0) is 10.2 Å². The van der Waals surface area contributed by atoms with E-state index in [1.165, 1.54) is 18.2 Å². The molecule has 0 atom stereocenters. The quantitative estimate of drug-likeness (QED) is 0.493. The van der Waals surface area contributed by atoms with Crippen LogP contribution in [0.2, 0.25) is 0 Å². The van der Waals surface area contributed by atoms with E-state index in [2.05, 4.69) is 17.2 Å². The van der Waals surface area contributed by atoms with Crippen LogP contribution in [0.5, 0.6) is 0 Å². The monoisotopic (exact) mass is 241 g/mol. The topological polar surface area (TPSA) is 46.2 Å². The highest BCUT2D eigenvalue weighted by atomic mass is 32.3. The van der Waals surface area contributed by atoms with Crippen LogP contribution in [0.1, 0.15) is 12.0 Å². The number of nitrogens with one attached hydrogen (secondary N) is 1. The van der Waals surface area contributed by atoms with Gasteiger partial charge in [0.2, 0.25) is 0 Å². The van der Waals surface area contributed by atoms with Gasteiger partial charge < -0.3 is 5.32 Å². The van der Waals surface area contributed by atoms with Crippen molar-refractivity contribution < 1.29 is 12.3 Å². The summed E-state index contributed by atoms with van der Waals surface area (Å²) in [5.74, 6) is 5.42. The van der Waals surface area contributed by atoms with E-state index in [9.17, 15) is 12.3 Å². The number of rotatable bonds is 3. The van der Waals surface area contributed by atoms with Gasteiger partial charge in [0.25, 0.3) is 0 Å². The van der Waals surface area contributed by atoms with E-state index in [0.717, 1.165) is 0 Å². The standard InChI is InChI=1S/C11H12FNO2S/c1-13-9-5-4-7-10-6-2-3-8-11(10)16(12,14)15/h2-3,6,8,13H,5,9H2,1H3. The Morgan fingerprint density at radius 1 is 1.38 bits per heavy atom. The van der Waals surface area contributed by atoms with Gasteiger partial charge in [-0.3, -0.25) is 0 Å². The Morgan fingerprint density at radius 2 is 2.06 bits per heavy atom. The zero-order chi connectivity index (χ0) is 12.0. The molecule has 86 valence electrons. The van der Waals surface area contributed by atoms with Gasteiger partial charge in [0.15, 0.2) is 0 Å². The Morgan fingerprint density at radius 3 is 2.69 bits per heavy atom. The molecule has 0 aromatic heterocycles. The molecule has 0 aliphatic rings. The molecule has 0 fully saturated rings. The van der Waals surface area contributed by atoms with Gasteiger partial charge in [-0.1, -0.05) is 24.0 Å². The van der Waals surface area contributed by atoms with Crippen molar-refractivity contribution in [2.45, 2.75) is 11.3 Å². The third-order valence-corrected chi connectivity index (χ3v) is 2.75. The largest absolute Gasteiger partial charge is 0.333 e. The average molecular weight is 241 g/mol. The molecule has 5 heteroatoms. The van der Waals surface area contributed by atoms with E-state index >= 15 is 0 Å². The highest BCUT2D eigenvalue weighted by Crippen LogP contribution is 2.16. The zero-order valence-electron chi connectivity index (χ0n) is 8.83. The van der Waals surface area contributed by atoms with Crippen LogP contribution in [0.3, 0.4) is 0 Å². The molecule has 0 aliphatic heterocycles. The third-order valence-electron chi connectivity index (χ3n) is 1.87. The van der Waals surface area contributed by atoms with Gasteiger partial charge in [0.05, 0.1) is 0 Å². The van der Waals surface area contributed by atoms with Crippen molar-refractivity contribution in [2.24, 2.45) is 0 Å². The Balaban J connectivity index is 3.00. The molecule has 0 saturated heterocycles.